The number of hydrogen-bond acceptors (Lipinski definition) is 3. The summed E-state index contributed by atoms with van der Waals surface area (Å²) in [6, 6.07) is -0.229. The fraction of sp³-hybridized carbons (Fsp3) is 0.737. The Morgan fingerprint density at radius 1 is 1.16 bits per heavy atom. The second kappa shape index (κ2) is 6.81. The highest BCUT2D eigenvalue weighted by Crippen LogP contribution is 2.48. The average molecular weight is 348 g/mol. The maximum atomic E-state index is 13.4. The molecule has 1 saturated heterocycles. The Bertz CT molecular complexity index is 578. The molecule has 2 amide bonds. The van der Waals surface area contributed by atoms with Gasteiger partial charge in [0, 0.05) is 18.6 Å². The number of aliphatic carboxylic acids is 1. The van der Waals surface area contributed by atoms with Crippen LogP contribution in [0.1, 0.15) is 58.3 Å². The summed E-state index contributed by atoms with van der Waals surface area (Å²) in [5.41, 5.74) is -0.769. The number of amides is 2. The molecule has 0 aromatic carbocycles. The predicted molar refractivity (Wildman–Crippen MR) is 92.8 cm³/mol. The van der Waals surface area contributed by atoms with Crippen LogP contribution in [0.15, 0.2) is 12.7 Å². The maximum absolute atomic E-state index is 13.4. The summed E-state index contributed by atoms with van der Waals surface area (Å²) in [4.78, 5) is 40.9. The summed E-state index contributed by atoms with van der Waals surface area (Å²) < 4.78 is 0. The first-order chi connectivity index (χ1) is 11.9. The van der Waals surface area contributed by atoms with Gasteiger partial charge < -0.3 is 14.9 Å². The fourth-order valence-corrected chi connectivity index (χ4v) is 4.70. The zero-order valence-electron chi connectivity index (χ0n) is 14.9. The third kappa shape index (κ3) is 3.07. The number of carboxylic acids is 1. The molecule has 2 saturated carbocycles. The van der Waals surface area contributed by atoms with E-state index < -0.39 is 17.4 Å². The third-order valence-electron chi connectivity index (χ3n) is 6.25. The van der Waals surface area contributed by atoms with Crippen molar-refractivity contribution in [3.8, 4) is 0 Å². The molecule has 0 unspecified atom stereocenters. The first-order valence-electron chi connectivity index (χ1n) is 9.42. The number of rotatable bonds is 5. The normalized spacial score (nSPS) is 28.4. The lowest BCUT2D eigenvalue weighted by Crippen LogP contribution is -2.60. The van der Waals surface area contributed by atoms with E-state index in [1.165, 1.54) is 6.08 Å². The smallest absolute Gasteiger partial charge is 0.308 e. The van der Waals surface area contributed by atoms with E-state index in [4.69, 9.17) is 0 Å². The highest BCUT2D eigenvalue weighted by molar-refractivity contribution is 5.98. The molecule has 0 bridgehead atoms. The van der Waals surface area contributed by atoms with Gasteiger partial charge in [-0.1, -0.05) is 19.4 Å². The van der Waals surface area contributed by atoms with Crippen molar-refractivity contribution >= 4 is 17.8 Å². The summed E-state index contributed by atoms with van der Waals surface area (Å²) in [7, 11) is 0. The molecule has 0 spiro atoms. The summed E-state index contributed by atoms with van der Waals surface area (Å²) in [5, 5.41) is 9.42. The van der Waals surface area contributed by atoms with Gasteiger partial charge in [-0.05, 0) is 51.5 Å². The van der Waals surface area contributed by atoms with E-state index in [1.54, 1.807) is 9.80 Å². The predicted octanol–water partition coefficient (Wildman–Crippen LogP) is 2.19. The minimum absolute atomic E-state index is 0.0620. The van der Waals surface area contributed by atoms with Crippen molar-refractivity contribution in [1.82, 2.24) is 9.80 Å². The molecule has 3 rings (SSSR count). The molecule has 6 heteroatoms. The van der Waals surface area contributed by atoms with Crippen molar-refractivity contribution in [2.45, 2.75) is 75.9 Å². The molecule has 2 aliphatic carbocycles. The molecule has 1 heterocycles. The Morgan fingerprint density at radius 3 is 2.32 bits per heavy atom. The van der Waals surface area contributed by atoms with Crippen molar-refractivity contribution in [1.29, 1.82) is 0 Å². The SMILES string of the molecule is C=CC(=O)N(C1CCCC1)C1(C(=O)N2CCC[C@@H](C(=O)O)[C@H]2C)CC1. The molecule has 0 aromatic heterocycles. The van der Waals surface area contributed by atoms with Crippen LogP contribution in [0.2, 0.25) is 0 Å². The molecule has 2 atom stereocenters. The number of carbonyl (C=O) groups is 3. The second-order valence-electron chi connectivity index (χ2n) is 7.71. The van der Waals surface area contributed by atoms with Crippen molar-refractivity contribution in [3.05, 3.63) is 12.7 Å². The van der Waals surface area contributed by atoms with E-state index in [9.17, 15) is 19.5 Å². The maximum Gasteiger partial charge on any atom is 0.308 e. The topological polar surface area (TPSA) is 77.9 Å². The minimum Gasteiger partial charge on any atom is -0.481 e. The van der Waals surface area contributed by atoms with Gasteiger partial charge in [-0.2, -0.15) is 0 Å². The van der Waals surface area contributed by atoms with E-state index in [2.05, 4.69) is 6.58 Å². The van der Waals surface area contributed by atoms with Gasteiger partial charge in [0.15, 0.2) is 0 Å². The van der Waals surface area contributed by atoms with Crippen LogP contribution < -0.4 is 0 Å². The van der Waals surface area contributed by atoms with E-state index in [0.717, 1.165) is 25.7 Å². The molecule has 138 valence electrons. The van der Waals surface area contributed by atoms with Crippen molar-refractivity contribution in [2.75, 3.05) is 6.54 Å². The van der Waals surface area contributed by atoms with Crippen LogP contribution >= 0.6 is 0 Å². The Balaban J connectivity index is 1.85. The van der Waals surface area contributed by atoms with Crippen LogP contribution in [-0.2, 0) is 14.4 Å². The highest BCUT2D eigenvalue weighted by atomic mass is 16.4. The average Bonchev–Trinajstić information content (AvgIpc) is 3.21. The van der Waals surface area contributed by atoms with Crippen LogP contribution in [0.25, 0.3) is 0 Å². The standard InChI is InChI=1S/C19H28N2O4/c1-3-16(22)21(14-7-4-5-8-14)19(10-11-19)18(25)20-12-6-9-15(13(20)2)17(23)24/h3,13-15H,1,4-12H2,2H3,(H,23,24)/t13-,15-/m1/s1. The third-order valence-corrected chi connectivity index (χ3v) is 6.25. The van der Waals surface area contributed by atoms with Gasteiger partial charge in [-0.25, -0.2) is 0 Å². The van der Waals surface area contributed by atoms with Gasteiger partial charge in [0.1, 0.15) is 5.54 Å². The van der Waals surface area contributed by atoms with Crippen LogP contribution in [0.3, 0.4) is 0 Å². The Morgan fingerprint density at radius 2 is 1.80 bits per heavy atom. The van der Waals surface area contributed by atoms with Gasteiger partial charge in [-0.15, -0.1) is 0 Å². The Labute approximate surface area is 148 Å². The molecule has 25 heavy (non-hydrogen) atoms. The number of hydrogen-bond donors (Lipinski definition) is 1. The molecule has 0 aromatic rings. The molecule has 6 nitrogen and oxygen atoms in total. The zero-order valence-corrected chi connectivity index (χ0v) is 14.9. The number of likely N-dealkylation sites (tertiary alicyclic amines) is 1. The minimum atomic E-state index is -0.843. The lowest BCUT2D eigenvalue weighted by molar-refractivity contribution is -0.156. The number of nitrogens with zero attached hydrogens (tertiary/aromatic N) is 2. The summed E-state index contributed by atoms with van der Waals surface area (Å²) in [6.07, 6.45) is 7.97. The Kier molecular flexibility index (Phi) is 4.89. The molecule has 1 N–H and O–H groups in total. The van der Waals surface area contributed by atoms with E-state index >= 15 is 0 Å². The number of carboxylic acid groups (broad SMARTS) is 1. The largest absolute Gasteiger partial charge is 0.481 e. The molecular weight excluding hydrogens is 320 g/mol. The zero-order chi connectivity index (χ0) is 18.2. The van der Waals surface area contributed by atoms with Crippen molar-refractivity contribution < 1.29 is 19.5 Å². The highest BCUT2D eigenvalue weighted by Gasteiger charge is 2.60. The van der Waals surface area contributed by atoms with Crippen LogP contribution in [0.4, 0.5) is 0 Å². The van der Waals surface area contributed by atoms with Gasteiger partial charge in [0.2, 0.25) is 11.8 Å². The van der Waals surface area contributed by atoms with Crippen LogP contribution in [0.5, 0.6) is 0 Å². The number of piperidine rings is 1. The van der Waals surface area contributed by atoms with Gasteiger partial charge >= 0.3 is 5.97 Å². The summed E-state index contributed by atoms with van der Waals surface area (Å²) in [5.74, 6) is -1.60. The van der Waals surface area contributed by atoms with E-state index in [0.29, 0.717) is 32.2 Å². The van der Waals surface area contributed by atoms with Gasteiger partial charge in [-0.3, -0.25) is 14.4 Å². The molecule has 0 radical (unpaired) electrons. The summed E-state index contributed by atoms with van der Waals surface area (Å²) in [6.45, 7) is 6.02. The first kappa shape index (κ1) is 18.0. The van der Waals surface area contributed by atoms with Crippen LogP contribution in [0, 0.1) is 5.92 Å². The molecule has 1 aliphatic heterocycles. The molecule has 3 fully saturated rings. The van der Waals surface area contributed by atoms with E-state index in [1.807, 2.05) is 6.92 Å². The quantitative estimate of drug-likeness (QED) is 0.773. The lowest BCUT2D eigenvalue weighted by Gasteiger charge is -2.43. The second-order valence-corrected chi connectivity index (χ2v) is 7.71. The molecular formula is C19H28N2O4. The van der Waals surface area contributed by atoms with Crippen molar-refractivity contribution in [3.63, 3.8) is 0 Å². The van der Waals surface area contributed by atoms with E-state index in [-0.39, 0.29) is 23.9 Å². The first-order valence-corrected chi connectivity index (χ1v) is 9.42. The van der Waals surface area contributed by atoms with Gasteiger partial charge in [0.05, 0.1) is 5.92 Å². The number of carbonyl (C=O) groups excluding carboxylic acids is 2. The van der Waals surface area contributed by atoms with Gasteiger partial charge in [0.25, 0.3) is 0 Å². The van der Waals surface area contributed by atoms with Crippen LogP contribution in [-0.4, -0.2) is 56.9 Å². The van der Waals surface area contributed by atoms with Crippen molar-refractivity contribution in [2.24, 2.45) is 5.92 Å². The monoisotopic (exact) mass is 348 g/mol. The fourth-order valence-electron chi connectivity index (χ4n) is 4.70. The molecule has 3 aliphatic rings. The Hall–Kier alpha value is -1.85. The lowest BCUT2D eigenvalue weighted by atomic mass is 9.89. The summed E-state index contributed by atoms with van der Waals surface area (Å²) >= 11 is 0.